The average molecular weight is 332 g/mol. The molecule has 2 aliphatic rings. The van der Waals surface area contributed by atoms with Gasteiger partial charge in [-0.25, -0.2) is 0 Å². The molecule has 22 heavy (non-hydrogen) atoms. The minimum Gasteiger partial charge on any atom is -0.341 e. The lowest BCUT2D eigenvalue weighted by atomic mass is 10.0. The van der Waals surface area contributed by atoms with Crippen molar-refractivity contribution in [1.82, 2.24) is 15.1 Å². The van der Waals surface area contributed by atoms with Crippen LogP contribution in [0.5, 0.6) is 0 Å². The lowest BCUT2D eigenvalue weighted by molar-refractivity contribution is -0.143. The van der Waals surface area contributed by atoms with Crippen molar-refractivity contribution in [2.24, 2.45) is 5.92 Å². The van der Waals surface area contributed by atoms with Gasteiger partial charge in [-0.05, 0) is 58.5 Å². The van der Waals surface area contributed by atoms with E-state index in [-0.39, 0.29) is 30.3 Å². The van der Waals surface area contributed by atoms with Gasteiger partial charge in [0.05, 0.1) is 0 Å². The predicted octanol–water partition coefficient (Wildman–Crippen LogP) is 1.66. The highest BCUT2D eigenvalue weighted by Gasteiger charge is 2.35. The Morgan fingerprint density at radius 2 is 1.95 bits per heavy atom. The molecule has 5 nitrogen and oxygen atoms in total. The molecule has 2 amide bonds. The first-order chi connectivity index (χ1) is 10.2. The zero-order valence-electron chi connectivity index (χ0n) is 13.8. The highest BCUT2D eigenvalue weighted by molar-refractivity contribution is 5.88. The first kappa shape index (κ1) is 19.2. The number of likely N-dealkylation sites (tertiary alicyclic amines) is 1. The molecule has 0 bridgehead atoms. The normalized spacial score (nSPS) is 24.2. The summed E-state index contributed by atoms with van der Waals surface area (Å²) in [6.45, 7) is 8.30. The van der Waals surface area contributed by atoms with Gasteiger partial charge >= 0.3 is 0 Å². The first-order valence-electron chi connectivity index (χ1n) is 8.46. The quantitative estimate of drug-likeness (QED) is 0.805. The van der Waals surface area contributed by atoms with Crippen LogP contribution >= 0.6 is 12.4 Å². The fourth-order valence-corrected chi connectivity index (χ4v) is 3.50. The number of hydrogen-bond donors (Lipinski definition) is 1. The largest absolute Gasteiger partial charge is 0.341 e. The van der Waals surface area contributed by atoms with Gasteiger partial charge in [-0.2, -0.15) is 0 Å². The molecule has 2 saturated heterocycles. The van der Waals surface area contributed by atoms with Gasteiger partial charge in [0.15, 0.2) is 0 Å². The van der Waals surface area contributed by atoms with Gasteiger partial charge in [0.1, 0.15) is 6.04 Å². The molecule has 0 spiro atoms. The van der Waals surface area contributed by atoms with Gasteiger partial charge in [0.25, 0.3) is 0 Å². The number of carbonyl (C=O) groups is 2. The van der Waals surface area contributed by atoms with Crippen molar-refractivity contribution in [2.45, 2.75) is 52.0 Å². The molecule has 2 unspecified atom stereocenters. The van der Waals surface area contributed by atoms with Gasteiger partial charge < -0.3 is 15.1 Å². The second kappa shape index (κ2) is 9.36. The Hall–Kier alpha value is -0.810. The summed E-state index contributed by atoms with van der Waals surface area (Å²) in [7, 11) is 0. The van der Waals surface area contributed by atoms with Gasteiger partial charge in [0, 0.05) is 26.1 Å². The van der Waals surface area contributed by atoms with Crippen molar-refractivity contribution >= 4 is 24.2 Å². The molecule has 2 atom stereocenters. The SMILES string of the molecule is CCN(CC)C(=O)C1CCCN1C(=O)CCC1CCNC1.Cl. The van der Waals surface area contributed by atoms with Crippen molar-refractivity contribution in [3.63, 3.8) is 0 Å². The van der Waals surface area contributed by atoms with Gasteiger partial charge in [-0.15, -0.1) is 12.4 Å². The minimum atomic E-state index is -0.209. The van der Waals surface area contributed by atoms with Crippen LogP contribution in [-0.2, 0) is 9.59 Å². The Bertz CT molecular complexity index is 368. The maximum absolute atomic E-state index is 12.5. The Kier molecular flexibility index (Phi) is 8.18. The zero-order valence-corrected chi connectivity index (χ0v) is 14.7. The molecule has 6 heteroatoms. The van der Waals surface area contributed by atoms with E-state index in [9.17, 15) is 9.59 Å². The van der Waals surface area contributed by atoms with Crippen LogP contribution < -0.4 is 5.32 Å². The molecule has 0 aromatic heterocycles. The molecule has 0 aliphatic carbocycles. The van der Waals surface area contributed by atoms with E-state index < -0.39 is 0 Å². The molecule has 1 N–H and O–H groups in total. The van der Waals surface area contributed by atoms with Crippen molar-refractivity contribution in [2.75, 3.05) is 32.7 Å². The maximum atomic E-state index is 12.5. The number of nitrogens with zero attached hydrogens (tertiary/aromatic N) is 2. The van der Waals surface area contributed by atoms with Crippen molar-refractivity contribution in [3.05, 3.63) is 0 Å². The van der Waals surface area contributed by atoms with Crippen LogP contribution in [-0.4, -0.2) is 60.4 Å². The zero-order chi connectivity index (χ0) is 15.2. The third-order valence-corrected chi connectivity index (χ3v) is 4.86. The van der Waals surface area contributed by atoms with E-state index in [1.165, 1.54) is 6.42 Å². The number of rotatable bonds is 6. The number of halogens is 1. The molecule has 2 fully saturated rings. The lowest BCUT2D eigenvalue weighted by Gasteiger charge is -2.29. The third-order valence-electron chi connectivity index (χ3n) is 4.86. The molecular formula is C16H30ClN3O2. The summed E-state index contributed by atoms with van der Waals surface area (Å²) >= 11 is 0. The van der Waals surface area contributed by atoms with E-state index >= 15 is 0 Å². The van der Waals surface area contributed by atoms with Crippen molar-refractivity contribution < 1.29 is 9.59 Å². The standard InChI is InChI=1S/C16H29N3O2.ClH/c1-3-18(4-2)16(21)14-6-5-11-19(14)15(20)8-7-13-9-10-17-12-13;/h13-14,17H,3-12H2,1-2H3;1H. The number of amides is 2. The van der Waals surface area contributed by atoms with E-state index in [2.05, 4.69) is 5.32 Å². The smallest absolute Gasteiger partial charge is 0.245 e. The predicted molar refractivity (Wildman–Crippen MR) is 90.1 cm³/mol. The number of hydrogen-bond acceptors (Lipinski definition) is 3. The number of nitrogens with one attached hydrogen (secondary N) is 1. The average Bonchev–Trinajstić information content (AvgIpc) is 3.17. The lowest BCUT2D eigenvalue weighted by Crippen LogP contribution is -2.47. The van der Waals surface area contributed by atoms with Crippen LogP contribution in [0.15, 0.2) is 0 Å². The molecule has 128 valence electrons. The monoisotopic (exact) mass is 331 g/mol. The second-order valence-electron chi connectivity index (χ2n) is 6.15. The highest BCUT2D eigenvalue weighted by atomic mass is 35.5. The highest BCUT2D eigenvalue weighted by Crippen LogP contribution is 2.22. The van der Waals surface area contributed by atoms with Crippen LogP contribution in [0.4, 0.5) is 0 Å². The molecular weight excluding hydrogens is 302 g/mol. The summed E-state index contributed by atoms with van der Waals surface area (Å²) in [6.07, 6.45) is 4.50. The summed E-state index contributed by atoms with van der Waals surface area (Å²) < 4.78 is 0. The van der Waals surface area contributed by atoms with E-state index in [0.717, 1.165) is 52.0 Å². The van der Waals surface area contributed by atoms with Crippen LogP contribution in [0.2, 0.25) is 0 Å². The third kappa shape index (κ3) is 4.59. The van der Waals surface area contributed by atoms with Gasteiger partial charge in [0.2, 0.25) is 11.8 Å². The summed E-state index contributed by atoms with van der Waals surface area (Å²) in [6, 6.07) is -0.209. The first-order valence-corrected chi connectivity index (χ1v) is 8.46. The number of likely N-dealkylation sites (N-methyl/N-ethyl adjacent to an activating group) is 1. The molecule has 0 radical (unpaired) electrons. The van der Waals surface area contributed by atoms with Gasteiger partial charge in [-0.1, -0.05) is 0 Å². The fourth-order valence-electron chi connectivity index (χ4n) is 3.50. The van der Waals surface area contributed by atoms with E-state index in [1.807, 2.05) is 23.6 Å². The van der Waals surface area contributed by atoms with Crippen molar-refractivity contribution in [1.29, 1.82) is 0 Å². The fraction of sp³-hybridized carbons (Fsp3) is 0.875. The van der Waals surface area contributed by atoms with Crippen LogP contribution in [0, 0.1) is 5.92 Å². The topological polar surface area (TPSA) is 52.7 Å². The molecule has 0 aromatic rings. The maximum Gasteiger partial charge on any atom is 0.245 e. The Balaban J connectivity index is 0.00000242. The number of carbonyl (C=O) groups excluding carboxylic acids is 2. The summed E-state index contributed by atoms with van der Waals surface area (Å²) in [5.41, 5.74) is 0. The Labute approximate surface area is 140 Å². The molecule has 2 heterocycles. The van der Waals surface area contributed by atoms with E-state index in [4.69, 9.17) is 0 Å². The summed E-state index contributed by atoms with van der Waals surface area (Å²) in [4.78, 5) is 28.6. The second-order valence-corrected chi connectivity index (χ2v) is 6.15. The minimum absolute atomic E-state index is 0. The van der Waals surface area contributed by atoms with E-state index in [1.54, 1.807) is 0 Å². The van der Waals surface area contributed by atoms with Crippen LogP contribution in [0.25, 0.3) is 0 Å². The van der Waals surface area contributed by atoms with Crippen LogP contribution in [0.3, 0.4) is 0 Å². The summed E-state index contributed by atoms with van der Waals surface area (Å²) in [5.74, 6) is 0.937. The van der Waals surface area contributed by atoms with E-state index in [0.29, 0.717) is 12.3 Å². The van der Waals surface area contributed by atoms with Gasteiger partial charge in [-0.3, -0.25) is 9.59 Å². The Morgan fingerprint density at radius 1 is 1.23 bits per heavy atom. The summed E-state index contributed by atoms with van der Waals surface area (Å²) in [5, 5.41) is 3.34. The Morgan fingerprint density at radius 3 is 2.55 bits per heavy atom. The molecule has 2 aliphatic heterocycles. The molecule has 2 rings (SSSR count). The molecule has 0 aromatic carbocycles. The van der Waals surface area contributed by atoms with Crippen molar-refractivity contribution in [3.8, 4) is 0 Å². The molecule has 0 saturated carbocycles. The van der Waals surface area contributed by atoms with Crippen LogP contribution in [0.1, 0.15) is 46.0 Å².